The summed E-state index contributed by atoms with van der Waals surface area (Å²) in [5.41, 5.74) is 1.43. The van der Waals surface area contributed by atoms with Gasteiger partial charge in [0.15, 0.2) is 0 Å². The number of amides is 1. The third kappa shape index (κ3) is 4.86. The maximum Gasteiger partial charge on any atom is 0.223 e. The summed E-state index contributed by atoms with van der Waals surface area (Å²) in [4.78, 5) is 14.1. The van der Waals surface area contributed by atoms with Gasteiger partial charge in [0.25, 0.3) is 0 Å². The Balaban J connectivity index is 1.71. The quantitative estimate of drug-likeness (QED) is 0.746. The Labute approximate surface area is 126 Å². The molecule has 1 amide bonds. The van der Waals surface area contributed by atoms with Crippen molar-refractivity contribution >= 4 is 17.7 Å². The lowest BCUT2D eigenvalue weighted by atomic mass is 9.90. The highest BCUT2D eigenvalue weighted by Gasteiger charge is 2.22. The Kier molecular flexibility index (Phi) is 6.44. The van der Waals surface area contributed by atoms with Gasteiger partial charge in [0.05, 0.1) is 0 Å². The molecule has 3 heteroatoms. The number of carbonyl (C=O) groups excluding carboxylic acids is 1. The second kappa shape index (κ2) is 8.35. The summed E-state index contributed by atoms with van der Waals surface area (Å²) < 4.78 is 0. The number of likely N-dealkylation sites (tertiary alicyclic amines) is 1. The normalized spacial score (nSPS) is 16.4. The van der Waals surface area contributed by atoms with Crippen molar-refractivity contribution in [1.82, 2.24) is 4.90 Å². The van der Waals surface area contributed by atoms with Crippen LogP contribution in [0, 0.1) is 5.92 Å². The number of carbonyl (C=O) groups is 1. The first-order chi connectivity index (χ1) is 9.79. The van der Waals surface area contributed by atoms with Gasteiger partial charge >= 0.3 is 0 Å². The Morgan fingerprint density at radius 1 is 1.25 bits per heavy atom. The number of hydrogen-bond acceptors (Lipinski definition) is 2. The van der Waals surface area contributed by atoms with E-state index in [0.29, 0.717) is 12.3 Å². The van der Waals surface area contributed by atoms with Crippen molar-refractivity contribution in [2.45, 2.75) is 32.6 Å². The van der Waals surface area contributed by atoms with E-state index in [1.54, 1.807) is 0 Å². The van der Waals surface area contributed by atoms with Crippen molar-refractivity contribution in [3.05, 3.63) is 35.9 Å². The topological polar surface area (TPSA) is 20.3 Å². The fraction of sp³-hybridized carbons (Fsp3) is 0.588. The van der Waals surface area contributed by atoms with E-state index in [0.717, 1.165) is 49.8 Å². The minimum absolute atomic E-state index is 0.351. The average molecular weight is 291 g/mol. The van der Waals surface area contributed by atoms with Crippen molar-refractivity contribution in [3.63, 3.8) is 0 Å². The number of piperidine rings is 1. The van der Waals surface area contributed by atoms with E-state index in [9.17, 15) is 4.79 Å². The molecule has 0 aromatic heterocycles. The van der Waals surface area contributed by atoms with Gasteiger partial charge in [-0.2, -0.15) is 11.8 Å². The molecule has 0 spiro atoms. The van der Waals surface area contributed by atoms with Crippen LogP contribution < -0.4 is 0 Å². The second-order valence-electron chi connectivity index (χ2n) is 5.46. The summed E-state index contributed by atoms with van der Waals surface area (Å²) in [5, 5.41) is 0. The smallest absolute Gasteiger partial charge is 0.223 e. The summed E-state index contributed by atoms with van der Waals surface area (Å²) in [5.74, 6) is 3.17. The van der Waals surface area contributed by atoms with Crippen LogP contribution in [0.15, 0.2) is 30.3 Å². The molecule has 20 heavy (non-hydrogen) atoms. The highest BCUT2D eigenvalue weighted by molar-refractivity contribution is 7.99. The van der Waals surface area contributed by atoms with E-state index in [2.05, 4.69) is 42.2 Å². The van der Waals surface area contributed by atoms with Crippen LogP contribution in [-0.4, -0.2) is 35.4 Å². The molecule has 1 saturated heterocycles. The lowest BCUT2D eigenvalue weighted by molar-refractivity contribution is -0.132. The van der Waals surface area contributed by atoms with Gasteiger partial charge in [-0.05, 0) is 36.5 Å². The minimum atomic E-state index is 0.351. The van der Waals surface area contributed by atoms with Crippen LogP contribution in [0.25, 0.3) is 0 Å². The third-order valence-corrected chi connectivity index (χ3v) is 4.90. The fourth-order valence-corrected chi connectivity index (χ4v) is 3.40. The summed E-state index contributed by atoms with van der Waals surface area (Å²) >= 11 is 1.86. The third-order valence-electron chi connectivity index (χ3n) is 4.00. The molecule has 1 fully saturated rings. The minimum Gasteiger partial charge on any atom is -0.343 e. The van der Waals surface area contributed by atoms with Gasteiger partial charge in [0, 0.05) is 25.3 Å². The predicted molar refractivity (Wildman–Crippen MR) is 87.1 cm³/mol. The van der Waals surface area contributed by atoms with Crippen LogP contribution in [0.4, 0.5) is 0 Å². The van der Waals surface area contributed by atoms with E-state index in [1.807, 2.05) is 11.8 Å². The summed E-state index contributed by atoms with van der Waals surface area (Å²) in [7, 11) is 0. The molecule has 1 aromatic carbocycles. The zero-order chi connectivity index (χ0) is 14.2. The Bertz CT molecular complexity index is 399. The van der Waals surface area contributed by atoms with E-state index >= 15 is 0 Å². The van der Waals surface area contributed by atoms with E-state index in [4.69, 9.17) is 0 Å². The van der Waals surface area contributed by atoms with Crippen LogP contribution in [-0.2, 0) is 11.2 Å². The van der Waals surface area contributed by atoms with Crippen LogP contribution in [0.1, 0.15) is 31.7 Å². The van der Waals surface area contributed by atoms with Gasteiger partial charge in [-0.15, -0.1) is 0 Å². The number of nitrogens with zero attached hydrogens (tertiary/aromatic N) is 1. The first-order valence-corrected chi connectivity index (χ1v) is 8.84. The molecule has 2 nitrogen and oxygen atoms in total. The second-order valence-corrected chi connectivity index (χ2v) is 6.85. The molecule has 0 radical (unpaired) electrons. The van der Waals surface area contributed by atoms with Gasteiger partial charge in [-0.1, -0.05) is 37.3 Å². The zero-order valence-electron chi connectivity index (χ0n) is 12.4. The number of hydrogen-bond donors (Lipinski definition) is 0. The molecule has 1 heterocycles. The molecule has 1 aliphatic rings. The Morgan fingerprint density at radius 3 is 2.60 bits per heavy atom. The molecule has 1 aliphatic heterocycles. The van der Waals surface area contributed by atoms with Crippen LogP contribution in [0.3, 0.4) is 0 Å². The molecule has 0 N–H and O–H groups in total. The summed E-state index contributed by atoms with van der Waals surface area (Å²) in [6.45, 7) is 4.05. The van der Waals surface area contributed by atoms with Gasteiger partial charge in [0.1, 0.15) is 0 Å². The first-order valence-electron chi connectivity index (χ1n) is 7.69. The molecule has 110 valence electrons. The summed E-state index contributed by atoms with van der Waals surface area (Å²) in [6, 6.07) is 10.7. The zero-order valence-corrected chi connectivity index (χ0v) is 13.2. The van der Waals surface area contributed by atoms with Crippen molar-refractivity contribution < 1.29 is 4.79 Å². The highest BCUT2D eigenvalue weighted by atomic mass is 32.2. The molecule has 0 aliphatic carbocycles. The van der Waals surface area contributed by atoms with Gasteiger partial charge in [0.2, 0.25) is 5.91 Å². The van der Waals surface area contributed by atoms with Crippen LogP contribution >= 0.6 is 11.8 Å². The fourth-order valence-electron chi connectivity index (χ4n) is 2.80. The lowest BCUT2D eigenvalue weighted by Gasteiger charge is -2.32. The van der Waals surface area contributed by atoms with Crippen molar-refractivity contribution in [3.8, 4) is 0 Å². The number of benzene rings is 1. The number of rotatable bonds is 6. The Morgan fingerprint density at radius 2 is 1.95 bits per heavy atom. The van der Waals surface area contributed by atoms with Crippen LogP contribution in [0.5, 0.6) is 0 Å². The SMILES string of the molecule is CCSCCC(=O)N1CCC(Cc2ccccc2)CC1. The molecule has 2 rings (SSSR count). The molecule has 0 unspecified atom stereocenters. The maximum atomic E-state index is 12.1. The monoisotopic (exact) mass is 291 g/mol. The number of thioether (sulfide) groups is 1. The van der Waals surface area contributed by atoms with Crippen LogP contribution in [0.2, 0.25) is 0 Å². The highest BCUT2D eigenvalue weighted by Crippen LogP contribution is 2.22. The average Bonchev–Trinajstić information content (AvgIpc) is 2.49. The van der Waals surface area contributed by atoms with Crippen molar-refractivity contribution in [1.29, 1.82) is 0 Å². The van der Waals surface area contributed by atoms with E-state index < -0.39 is 0 Å². The van der Waals surface area contributed by atoms with Gasteiger partial charge in [-0.25, -0.2) is 0 Å². The van der Waals surface area contributed by atoms with E-state index in [-0.39, 0.29) is 0 Å². The molecule has 1 aromatic rings. The first kappa shape index (κ1) is 15.4. The Hall–Kier alpha value is -0.960. The standard InChI is InChI=1S/C17H25NOS/c1-2-20-13-10-17(19)18-11-8-16(9-12-18)14-15-6-4-3-5-7-15/h3-7,16H,2,8-14H2,1H3. The predicted octanol–water partition coefficient (Wildman–Crippen LogP) is 3.61. The molecule has 0 atom stereocenters. The van der Waals surface area contributed by atoms with Crippen molar-refractivity contribution in [2.24, 2.45) is 5.92 Å². The van der Waals surface area contributed by atoms with Gasteiger partial charge < -0.3 is 4.90 Å². The molecular formula is C17H25NOS. The molecule has 0 saturated carbocycles. The largest absolute Gasteiger partial charge is 0.343 e. The lowest BCUT2D eigenvalue weighted by Crippen LogP contribution is -2.39. The maximum absolute atomic E-state index is 12.1. The van der Waals surface area contributed by atoms with Crippen molar-refractivity contribution in [2.75, 3.05) is 24.6 Å². The molecule has 0 bridgehead atoms. The van der Waals surface area contributed by atoms with E-state index in [1.165, 1.54) is 5.56 Å². The summed E-state index contributed by atoms with van der Waals surface area (Å²) in [6.07, 6.45) is 4.18. The van der Waals surface area contributed by atoms with Gasteiger partial charge in [-0.3, -0.25) is 4.79 Å². The molecular weight excluding hydrogens is 266 g/mol.